The van der Waals surface area contributed by atoms with Gasteiger partial charge in [0, 0.05) is 36.8 Å². The smallest absolute Gasteiger partial charge is 0.330 e. The van der Waals surface area contributed by atoms with Crippen LogP contribution in [0.15, 0.2) is 45.9 Å². The SMILES string of the molecule is CCOC(=O)/C=C/[C@H](C[C@@H]1CCNC1=O)NC(=O)[C@H](CC)n1cccc(NC(=O)c2cc(C)on2)c1=O. The topological polar surface area (TPSA) is 162 Å². The minimum atomic E-state index is -0.908. The second-order valence-corrected chi connectivity index (χ2v) is 8.57. The predicted octanol–water partition coefficient (Wildman–Crippen LogP) is 1.48. The quantitative estimate of drug-likeness (QED) is 0.301. The highest BCUT2D eigenvalue weighted by Crippen LogP contribution is 2.18. The number of rotatable bonds is 11. The Morgan fingerprint density at radius 1 is 1.32 bits per heavy atom. The molecule has 0 bridgehead atoms. The summed E-state index contributed by atoms with van der Waals surface area (Å²) in [7, 11) is 0. The van der Waals surface area contributed by atoms with E-state index in [0.29, 0.717) is 18.7 Å². The summed E-state index contributed by atoms with van der Waals surface area (Å²) in [5, 5.41) is 11.7. The van der Waals surface area contributed by atoms with Crippen LogP contribution in [0.4, 0.5) is 5.69 Å². The molecule has 0 unspecified atom stereocenters. The van der Waals surface area contributed by atoms with Crippen LogP contribution < -0.4 is 21.5 Å². The Bertz CT molecular complexity index is 1230. The molecule has 3 rings (SSSR count). The van der Waals surface area contributed by atoms with Crippen LogP contribution in [-0.2, 0) is 19.1 Å². The van der Waals surface area contributed by atoms with Crippen LogP contribution in [0.3, 0.4) is 0 Å². The molecule has 198 valence electrons. The molecule has 12 heteroatoms. The summed E-state index contributed by atoms with van der Waals surface area (Å²) in [6.45, 7) is 5.81. The number of pyridine rings is 1. The molecule has 1 aliphatic rings. The first-order chi connectivity index (χ1) is 17.7. The highest BCUT2D eigenvalue weighted by Gasteiger charge is 2.29. The van der Waals surface area contributed by atoms with Crippen LogP contribution in [0.1, 0.15) is 55.4 Å². The van der Waals surface area contributed by atoms with Crippen LogP contribution >= 0.6 is 0 Å². The van der Waals surface area contributed by atoms with Crippen molar-refractivity contribution in [2.75, 3.05) is 18.5 Å². The average Bonchev–Trinajstić information content (AvgIpc) is 3.48. The zero-order chi connectivity index (χ0) is 26.9. The number of anilines is 1. The molecule has 3 heterocycles. The van der Waals surface area contributed by atoms with E-state index in [9.17, 15) is 24.0 Å². The van der Waals surface area contributed by atoms with Gasteiger partial charge in [-0.25, -0.2) is 4.79 Å². The fourth-order valence-corrected chi connectivity index (χ4v) is 4.04. The van der Waals surface area contributed by atoms with E-state index in [0.717, 1.165) is 0 Å². The number of carbonyl (C=O) groups is 4. The van der Waals surface area contributed by atoms with Crippen molar-refractivity contribution in [2.24, 2.45) is 5.92 Å². The molecule has 0 radical (unpaired) electrons. The van der Waals surface area contributed by atoms with Gasteiger partial charge in [-0.3, -0.25) is 19.2 Å². The lowest BCUT2D eigenvalue weighted by molar-refractivity contribution is -0.137. The van der Waals surface area contributed by atoms with Crippen molar-refractivity contribution in [3.63, 3.8) is 0 Å². The first kappa shape index (κ1) is 27.4. The Morgan fingerprint density at radius 3 is 2.73 bits per heavy atom. The number of nitrogens with zero attached hydrogens (tertiary/aromatic N) is 2. The Kier molecular flexibility index (Phi) is 9.36. The zero-order valence-electron chi connectivity index (χ0n) is 21.0. The van der Waals surface area contributed by atoms with E-state index in [2.05, 4.69) is 21.1 Å². The number of nitrogens with one attached hydrogen (secondary N) is 3. The van der Waals surface area contributed by atoms with Gasteiger partial charge in [-0.2, -0.15) is 0 Å². The van der Waals surface area contributed by atoms with Crippen LogP contribution in [-0.4, -0.2) is 52.6 Å². The minimum absolute atomic E-state index is 0.0178. The monoisotopic (exact) mass is 513 g/mol. The maximum absolute atomic E-state index is 13.3. The molecular formula is C25H31N5O7. The van der Waals surface area contributed by atoms with Gasteiger partial charge in [0.1, 0.15) is 17.5 Å². The second kappa shape index (κ2) is 12.7. The van der Waals surface area contributed by atoms with Crippen molar-refractivity contribution < 1.29 is 28.4 Å². The molecule has 12 nitrogen and oxygen atoms in total. The van der Waals surface area contributed by atoms with E-state index in [1.54, 1.807) is 26.8 Å². The molecular weight excluding hydrogens is 482 g/mol. The molecule has 2 aromatic heterocycles. The number of esters is 1. The number of ether oxygens (including phenoxy) is 1. The molecule has 1 saturated heterocycles. The van der Waals surface area contributed by atoms with Crippen molar-refractivity contribution in [3.8, 4) is 0 Å². The third-order valence-electron chi connectivity index (χ3n) is 5.89. The highest BCUT2D eigenvalue weighted by molar-refractivity contribution is 6.02. The molecule has 1 aliphatic heterocycles. The number of carbonyl (C=O) groups excluding carboxylic acids is 4. The van der Waals surface area contributed by atoms with Gasteiger partial charge >= 0.3 is 5.97 Å². The molecule has 1 fully saturated rings. The summed E-state index contributed by atoms with van der Waals surface area (Å²) >= 11 is 0. The third kappa shape index (κ3) is 7.15. The Hall–Kier alpha value is -4.22. The summed E-state index contributed by atoms with van der Waals surface area (Å²) in [5.74, 6) is -1.65. The van der Waals surface area contributed by atoms with Crippen molar-refractivity contribution >= 4 is 29.4 Å². The van der Waals surface area contributed by atoms with Gasteiger partial charge in [-0.1, -0.05) is 18.2 Å². The molecule has 2 aromatic rings. The molecule has 0 spiro atoms. The zero-order valence-corrected chi connectivity index (χ0v) is 21.0. The highest BCUT2D eigenvalue weighted by atomic mass is 16.5. The number of aryl methyl sites for hydroxylation is 1. The number of hydrogen-bond donors (Lipinski definition) is 3. The lowest BCUT2D eigenvalue weighted by Gasteiger charge is -2.23. The maximum Gasteiger partial charge on any atom is 0.330 e. The molecule has 3 atom stereocenters. The van der Waals surface area contributed by atoms with Gasteiger partial charge in [0.25, 0.3) is 11.5 Å². The molecule has 3 N–H and O–H groups in total. The number of aromatic nitrogens is 2. The third-order valence-corrected chi connectivity index (χ3v) is 5.89. The number of hydrogen-bond acceptors (Lipinski definition) is 8. The predicted molar refractivity (Wildman–Crippen MR) is 133 cm³/mol. The molecule has 37 heavy (non-hydrogen) atoms. The van der Waals surface area contributed by atoms with Crippen LogP contribution in [0.5, 0.6) is 0 Å². The summed E-state index contributed by atoms with van der Waals surface area (Å²) in [4.78, 5) is 62.8. The standard InChI is InChI=1S/C25H31N5O7/c1-4-20(30-12-6-7-18(25(30)35)28-23(33)19-13-15(3)37-29-19)24(34)27-17(8-9-21(31)36-5-2)14-16-10-11-26-22(16)32/h6-9,12-13,16-17,20H,4-5,10-11,14H2,1-3H3,(H,26,32)(H,27,34)(H,28,33)/b9-8+/t16-,17+,20-/m0/s1. The van der Waals surface area contributed by atoms with Crippen LogP contribution in [0.25, 0.3) is 0 Å². The van der Waals surface area contributed by atoms with Crippen molar-refractivity contribution in [1.82, 2.24) is 20.4 Å². The van der Waals surface area contributed by atoms with E-state index in [4.69, 9.17) is 9.26 Å². The Morgan fingerprint density at radius 2 is 2.11 bits per heavy atom. The van der Waals surface area contributed by atoms with E-state index in [1.165, 1.54) is 35.0 Å². The fraction of sp³-hybridized carbons (Fsp3) is 0.440. The van der Waals surface area contributed by atoms with E-state index in [-0.39, 0.29) is 42.7 Å². The molecule has 0 aliphatic carbocycles. The van der Waals surface area contributed by atoms with Crippen molar-refractivity contribution in [3.05, 3.63) is 58.4 Å². The first-order valence-electron chi connectivity index (χ1n) is 12.1. The van der Waals surface area contributed by atoms with Gasteiger partial charge in [0.15, 0.2) is 5.69 Å². The average molecular weight is 514 g/mol. The molecule has 3 amide bonds. The van der Waals surface area contributed by atoms with Gasteiger partial charge in [-0.15, -0.1) is 0 Å². The molecule has 0 saturated carbocycles. The largest absolute Gasteiger partial charge is 0.463 e. The summed E-state index contributed by atoms with van der Waals surface area (Å²) in [6, 6.07) is 2.86. The van der Waals surface area contributed by atoms with Gasteiger partial charge < -0.3 is 29.8 Å². The van der Waals surface area contributed by atoms with E-state index < -0.39 is 35.4 Å². The lowest BCUT2D eigenvalue weighted by atomic mass is 9.97. The summed E-state index contributed by atoms with van der Waals surface area (Å²) in [6.07, 6.45) is 5.33. The summed E-state index contributed by atoms with van der Waals surface area (Å²) in [5.41, 5.74) is -0.586. The number of amides is 3. The lowest BCUT2D eigenvalue weighted by Crippen LogP contribution is -2.42. The van der Waals surface area contributed by atoms with Crippen molar-refractivity contribution in [1.29, 1.82) is 0 Å². The second-order valence-electron chi connectivity index (χ2n) is 8.57. The van der Waals surface area contributed by atoms with E-state index >= 15 is 0 Å². The maximum atomic E-state index is 13.3. The molecule has 0 aromatic carbocycles. The first-order valence-corrected chi connectivity index (χ1v) is 12.1. The van der Waals surface area contributed by atoms with E-state index in [1.807, 2.05) is 0 Å². The summed E-state index contributed by atoms with van der Waals surface area (Å²) < 4.78 is 11.0. The van der Waals surface area contributed by atoms with Crippen molar-refractivity contribution in [2.45, 2.75) is 52.1 Å². The Balaban J connectivity index is 1.79. The Labute approximate surface area is 213 Å². The van der Waals surface area contributed by atoms with Gasteiger partial charge in [-0.05, 0) is 45.2 Å². The van der Waals surface area contributed by atoms with Crippen LogP contribution in [0.2, 0.25) is 0 Å². The van der Waals surface area contributed by atoms with Gasteiger partial charge in [0.05, 0.1) is 6.61 Å². The van der Waals surface area contributed by atoms with Crippen LogP contribution in [0, 0.1) is 12.8 Å². The fourth-order valence-electron chi connectivity index (χ4n) is 4.04. The normalized spacial score (nSPS) is 16.7. The van der Waals surface area contributed by atoms with Gasteiger partial charge in [0.2, 0.25) is 11.8 Å². The minimum Gasteiger partial charge on any atom is -0.463 e.